The monoisotopic (exact) mass is 390 g/mol. The second-order valence-electron chi connectivity index (χ2n) is 3.85. The molecule has 0 spiro atoms. The van der Waals surface area contributed by atoms with Crippen molar-refractivity contribution < 1.29 is 34.6 Å². The van der Waals surface area contributed by atoms with Gasteiger partial charge in [-0.25, -0.2) is 8.78 Å². The van der Waals surface area contributed by atoms with Gasteiger partial charge in [-0.15, -0.1) is 0 Å². The Hall–Kier alpha value is -1.42. The minimum absolute atomic E-state index is 0.0242. The van der Waals surface area contributed by atoms with E-state index >= 15 is 0 Å². The third kappa shape index (κ3) is 2.95. The van der Waals surface area contributed by atoms with Gasteiger partial charge >= 0.3 is 15.6 Å². The van der Waals surface area contributed by atoms with Gasteiger partial charge in [0.25, 0.3) is 0 Å². The van der Waals surface area contributed by atoms with E-state index in [2.05, 4.69) is 20.1 Å². The predicted molar refractivity (Wildman–Crippen MR) is 67.2 cm³/mol. The summed E-state index contributed by atoms with van der Waals surface area (Å²) in [7, 11) is -6.03. The molecular formula is C11H4BrF5O3S. The molecule has 0 unspecified atom stereocenters. The zero-order valence-corrected chi connectivity index (χ0v) is 12.1. The fourth-order valence-corrected chi connectivity index (χ4v) is 2.46. The SMILES string of the molecule is O=S(=O)(Oc1ccc2cc(Br)cc(F)c2c1F)C(F)(F)F. The Labute approximate surface area is 123 Å². The van der Waals surface area contributed by atoms with Crippen molar-refractivity contribution in [1.29, 1.82) is 0 Å². The number of halogens is 6. The third-order valence-corrected chi connectivity index (χ3v) is 3.84. The van der Waals surface area contributed by atoms with Gasteiger partial charge in [0.05, 0.1) is 5.39 Å². The molecule has 2 aromatic rings. The summed E-state index contributed by atoms with van der Waals surface area (Å²) < 4.78 is 89.8. The maximum absolute atomic E-state index is 14.0. The Morgan fingerprint density at radius 1 is 1.10 bits per heavy atom. The topological polar surface area (TPSA) is 43.4 Å². The van der Waals surface area contributed by atoms with E-state index in [1.165, 1.54) is 6.07 Å². The van der Waals surface area contributed by atoms with Gasteiger partial charge in [0, 0.05) is 4.47 Å². The molecule has 2 aromatic carbocycles. The van der Waals surface area contributed by atoms with Crippen LogP contribution in [0.4, 0.5) is 22.0 Å². The smallest absolute Gasteiger partial charge is 0.373 e. The van der Waals surface area contributed by atoms with E-state index in [9.17, 15) is 30.4 Å². The number of hydrogen-bond donors (Lipinski definition) is 0. The van der Waals surface area contributed by atoms with E-state index in [-0.39, 0.29) is 9.86 Å². The molecule has 0 N–H and O–H groups in total. The van der Waals surface area contributed by atoms with Gasteiger partial charge in [-0.3, -0.25) is 0 Å². The van der Waals surface area contributed by atoms with E-state index in [0.29, 0.717) is 6.07 Å². The summed E-state index contributed by atoms with van der Waals surface area (Å²) in [5.74, 6) is -3.85. The number of benzene rings is 2. The molecule has 0 fully saturated rings. The third-order valence-electron chi connectivity index (χ3n) is 2.42. The molecule has 0 aliphatic rings. The second kappa shape index (κ2) is 5.09. The average molecular weight is 391 g/mol. The first kappa shape index (κ1) is 16.0. The summed E-state index contributed by atoms with van der Waals surface area (Å²) in [4.78, 5) is 0. The molecule has 0 saturated carbocycles. The van der Waals surface area contributed by atoms with E-state index in [1.54, 1.807) is 0 Å². The first-order valence-corrected chi connectivity index (χ1v) is 7.31. The standard InChI is InChI=1S/C11H4BrF5O3S/c12-6-3-5-1-2-8(10(14)9(5)7(13)4-6)20-21(18,19)11(15,16)17/h1-4H. The van der Waals surface area contributed by atoms with E-state index in [4.69, 9.17) is 0 Å². The van der Waals surface area contributed by atoms with Crippen molar-refractivity contribution >= 4 is 36.8 Å². The lowest BCUT2D eigenvalue weighted by Gasteiger charge is -2.11. The average Bonchev–Trinajstić information content (AvgIpc) is 2.30. The molecule has 0 heterocycles. The van der Waals surface area contributed by atoms with Crippen LogP contribution in [0.5, 0.6) is 5.75 Å². The second-order valence-corrected chi connectivity index (χ2v) is 6.30. The summed E-state index contributed by atoms with van der Waals surface area (Å²) in [6.45, 7) is 0. The Morgan fingerprint density at radius 2 is 1.71 bits per heavy atom. The quantitative estimate of drug-likeness (QED) is 0.440. The summed E-state index contributed by atoms with van der Waals surface area (Å²) >= 11 is 2.96. The van der Waals surface area contributed by atoms with Crippen LogP contribution >= 0.6 is 15.9 Å². The normalized spacial score (nSPS) is 12.7. The molecule has 21 heavy (non-hydrogen) atoms. The molecule has 0 bridgehead atoms. The lowest BCUT2D eigenvalue weighted by atomic mass is 10.1. The van der Waals surface area contributed by atoms with Crippen LogP contribution < -0.4 is 4.18 Å². The highest BCUT2D eigenvalue weighted by molar-refractivity contribution is 9.10. The molecule has 0 saturated heterocycles. The van der Waals surface area contributed by atoms with Gasteiger partial charge in [0.1, 0.15) is 5.82 Å². The fraction of sp³-hybridized carbons (Fsp3) is 0.0909. The first-order chi connectivity index (χ1) is 9.53. The van der Waals surface area contributed by atoms with Gasteiger partial charge in [0.15, 0.2) is 11.6 Å². The van der Waals surface area contributed by atoms with Gasteiger partial charge in [-0.2, -0.15) is 21.6 Å². The van der Waals surface area contributed by atoms with Crippen LogP contribution in [-0.4, -0.2) is 13.9 Å². The highest BCUT2D eigenvalue weighted by Crippen LogP contribution is 2.34. The van der Waals surface area contributed by atoms with Crippen molar-refractivity contribution in [3.05, 3.63) is 40.4 Å². The maximum Gasteiger partial charge on any atom is 0.534 e. The number of alkyl halides is 3. The number of fused-ring (bicyclic) bond motifs is 1. The van der Waals surface area contributed by atoms with E-state index in [0.717, 1.165) is 12.1 Å². The van der Waals surface area contributed by atoms with E-state index < -0.39 is 38.4 Å². The lowest BCUT2D eigenvalue weighted by Crippen LogP contribution is -2.28. The first-order valence-electron chi connectivity index (χ1n) is 5.11. The van der Waals surface area contributed by atoms with Gasteiger partial charge in [0.2, 0.25) is 0 Å². The van der Waals surface area contributed by atoms with Gasteiger partial charge in [-0.05, 0) is 23.6 Å². The van der Waals surface area contributed by atoms with Crippen LogP contribution in [0.15, 0.2) is 28.7 Å². The summed E-state index contributed by atoms with van der Waals surface area (Å²) in [5.41, 5.74) is -5.72. The predicted octanol–water partition coefficient (Wildman–Crippen LogP) is 4.11. The summed E-state index contributed by atoms with van der Waals surface area (Å²) in [6, 6.07) is 3.90. The fourth-order valence-electron chi connectivity index (χ4n) is 1.55. The molecule has 0 amide bonds. The molecule has 0 aliphatic carbocycles. The van der Waals surface area contributed by atoms with Crippen LogP contribution in [0.25, 0.3) is 10.8 Å². The van der Waals surface area contributed by atoms with Crippen LogP contribution in [0.1, 0.15) is 0 Å². The summed E-state index contributed by atoms with van der Waals surface area (Å²) in [5, 5.41) is -0.649. The highest BCUT2D eigenvalue weighted by atomic mass is 79.9. The van der Waals surface area contributed by atoms with Crippen LogP contribution in [0.2, 0.25) is 0 Å². The van der Waals surface area contributed by atoms with Crippen molar-refractivity contribution in [1.82, 2.24) is 0 Å². The van der Waals surface area contributed by atoms with Crippen LogP contribution in [0, 0.1) is 11.6 Å². The van der Waals surface area contributed by atoms with Crippen molar-refractivity contribution in [3.63, 3.8) is 0 Å². The van der Waals surface area contributed by atoms with Crippen LogP contribution in [0.3, 0.4) is 0 Å². The minimum Gasteiger partial charge on any atom is -0.373 e. The molecule has 114 valence electrons. The molecule has 3 nitrogen and oxygen atoms in total. The number of hydrogen-bond acceptors (Lipinski definition) is 3. The van der Waals surface area contributed by atoms with E-state index in [1.807, 2.05) is 0 Å². The molecule has 2 rings (SSSR count). The maximum atomic E-state index is 14.0. The zero-order chi connectivity index (χ0) is 16.0. The molecule has 10 heteroatoms. The Balaban J connectivity index is 2.61. The van der Waals surface area contributed by atoms with Crippen LogP contribution in [-0.2, 0) is 10.1 Å². The minimum atomic E-state index is -6.03. The Morgan fingerprint density at radius 3 is 2.29 bits per heavy atom. The van der Waals surface area contributed by atoms with Gasteiger partial charge in [-0.1, -0.05) is 22.0 Å². The largest absolute Gasteiger partial charge is 0.534 e. The highest BCUT2D eigenvalue weighted by Gasteiger charge is 2.49. The molecule has 0 atom stereocenters. The molecular weight excluding hydrogens is 387 g/mol. The Kier molecular flexibility index (Phi) is 3.87. The van der Waals surface area contributed by atoms with Crippen molar-refractivity contribution in [2.24, 2.45) is 0 Å². The van der Waals surface area contributed by atoms with Crippen molar-refractivity contribution in [2.75, 3.05) is 0 Å². The van der Waals surface area contributed by atoms with Gasteiger partial charge < -0.3 is 4.18 Å². The zero-order valence-electron chi connectivity index (χ0n) is 9.71. The number of rotatable bonds is 2. The summed E-state index contributed by atoms with van der Waals surface area (Å²) in [6.07, 6.45) is 0. The molecule has 0 aromatic heterocycles. The molecule has 0 aliphatic heterocycles. The lowest BCUT2D eigenvalue weighted by molar-refractivity contribution is -0.0500. The van der Waals surface area contributed by atoms with Crippen molar-refractivity contribution in [3.8, 4) is 5.75 Å². The Bertz CT molecular complexity index is 817. The molecule has 0 radical (unpaired) electrons. The van der Waals surface area contributed by atoms with Crippen molar-refractivity contribution in [2.45, 2.75) is 5.51 Å².